The first-order valence-corrected chi connectivity index (χ1v) is 5.11. The van der Waals surface area contributed by atoms with Crippen LogP contribution in [0.4, 0.5) is 0 Å². The summed E-state index contributed by atoms with van der Waals surface area (Å²) in [6.07, 6.45) is 5.32. The van der Waals surface area contributed by atoms with Crippen LogP contribution in [0.5, 0.6) is 0 Å². The molecule has 1 N–H and O–H groups in total. The molecule has 0 aliphatic rings. The van der Waals surface area contributed by atoms with Crippen LogP contribution >= 0.6 is 0 Å². The fourth-order valence-corrected chi connectivity index (χ4v) is 1.48. The molecule has 0 aliphatic heterocycles. The third-order valence-corrected chi connectivity index (χ3v) is 2.09. The molecule has 0 heterocycles. The zero-order valence-electron chi connectivity index (χ0n) is 9.06. The van der Waals surface area contributed by atoms with Crippen molar-refractivity contribution in [3.8, 4) is 0 Å². The lowest BCUT2D eigenvalue weighted by atomic mass is 9.99. The zero-order chi connectivity index (χ0) is 9.40. The number of nitrogens with one attached hydrogen (secondary N) is 1. The van der Waals surface area contributed by atoms with Crippen molar-refractivity contribution < 1.29 is 0 Å². The van der Waals surface area contributed by atoms with Crippen LogP contribution in [0.2, 0.25) is 0 Å². The Morgan fingerprint density at radius 2 is 1.58 bits per heavy atom. The smallest absolute Gasteiger partial charge is 0.0130 e. The Morgan fingerprint density at radius 1 is 1.08 bits per heavy atom. The van der Waals surface area contributed by atoms with Gasteiger partial charge in [-0.3, -0.25) is 10.4 Å². The molecule has 0 aromatic heterocycles. The molecule has 2 nitrogen and oxygen atoms in total. The molecule has 0 rings (SSSR count). The molecule has 2 heteroatoms. The maximum absolute atomic E-state index is 3.35. The van der Waals surface area contributed by atoms with Crippen LogP contribution in [0.3, 0.4) is 0 Å². The molecule has 0 spiro atoms. The van der Waals surface area contributed by atoms with Crippen molar-refractivity contribution in [3.05, 3.63) is 0 Å². The van der Waals surface area contributed by atoms with E-state index in [2.05, 4.69) is 33.4 Å². The largest absolute Gasteiger partial charge is 0.255 e. The van der Waals surface area contributed by atoms with Crippen molar-refractivity contribution in [2.45, 2.75) is 39.5 Å². The Kier molecular flexibility index (Phi) is 7.51. The van der Waals surface area contributed by atoms with Crippen molar-refractivity contribution in [2.75, 3.05) is 20.6 Å². The van der Waals surface area contributed by atoms with Gasteiger partial charge in [0.15, 0.2) is 0 Å². The van der Waals surface area contributed by atoms with E-state index < -0.39 is 0 Å². The fraction of sp³-hybridized carbons (Fsp3) is 1.00. The third-order valence-electron chi connectivity index (χ3n) is 2.09. The summed E-state index contributed by atoms with van der Waals surface area (Å²) in [5, 5.41) is 2.04. The lowest BCUT2D eigenvalue weighted by Crippen LogP contribution is -2.34. The van der Waals surface area contributed by atoms with Gasteiger partial charge in [-0.25, -0.2) is 0 Å². The highest BCUT2D eigenvalue weighted by Gasteiger charge is 2.05. The van der Waals surface area contributed by atoms with Gasteiger partial charge in [0.1, 0.15) is 0 Å². The summed E-state index contributed by atoms with van der Waals surface area (Å²) >= 11 is 0. The van der Waals surface area contributed by atoms with Crippen LogP contribution in [-0.2, 0) is 0 Å². The van der Waals surface area contributed by atoms with Gasteiger partial charge < -0.3 is 0 Å². The molecule has 0 unspecified atom stereocenters. The van der Waals surface area contributed by atoms with Gasteiger partial charge in [-0.1, -0.05) is 26.7 Å². The van der Waals surface area contributed by atoms with Crippen molar-refractivity contribution in [2.24, 2.45) is 5.92 Å². The molecule has 0 aromatic carbocycles. The molecule has 0 aliphatic carbocycles. The molecule has 0 amide bonds. The molecule has 0 radical (unpaired) electrons. The summed E-state index contributed by atoms with van der Waals surface area (Å²) in [7, 11) is 4.10. The molecule has 0 aromatic rings. The molecule has 0 saturated carbocycles. The minimum Gasteiger partial charge on any atom is -0.255 e. The lowest BCUT2D eigenvalue weighted by Gasteiger charge is -2.19. The third kappa shape index (κ3) is 6.62. The van der Waals surface area contributed by atoms with E-state index >= 15 is 0 Å². The van der Waals surface area contributed by atoms with Gasteiger partial charge in [-0.2, -0.15) is 0 Å². The quantitative estimate of drug-likeness (QED) is 0.593. The van der Waals surface area contributed by atoms with Crippen LogP contribution in [-0.4, -0.2) is 25.6 Å². The number of hydrogen-bond acceptors (Lipinski definition) is 2. The highest BCUT2D eigenvalue weighted by Crippen LogP contribution is 2.11. The molecule has 0 saturated heterocycles. The van der Waals surface area contributed by atoms with Gasteiger partial charge >= 0.3 is 0 Å². The fourth-order valence-electron chi connectivity index (χ4n) is 1.48. The standard InChI is InChI=1S/C10H24N2/c1-5-7-10(8-6-2)9-11-12(3)4/h10-11H,5-9H2,1-4H3. The number of hydrogen-bond donors (Lipinski definition) is 1. The Balaban J connectivity index is 3.48. The van der Waals surface area contributed by atoms with E-state index in [0.29, 0.717) is 0 Å². The Labute approximate surface area is 77.3 Å². The number of hydrazine groups is 1. The highest BCUT2D eigenvalue weighted by molar-refractivity contribution is 4.59. The molecule has 0 bridgehead atoms. The Morgan fingerprint density at radius 3 is 1.92 bits per heavy atom. The minimum absolute atomic E-state index is 0.863. The second kappa shape index (κ2) is 7.56. The van der Waals surface area contributed by atoms with Crippen LogP contribution in [0, 0.1) is 5.92 Å². The second-order valence-electron chi connectivity index (χ2n) is 3.70. The summed E-state index contributed by atoms with van der Waals surface area (Å²) in [6, 6.07) is 0. The SMILES string of the molecule is CCCC(CCC)CNN(C)C. The van der Waals surface area contributed by atoms with Gasteiger partial charge in [0.25, 0.3) is 0 Å². The van der Waals surface area contributed by atoms with Crippen molar-refractivity contribution in [1.82, 2.24) is 10.4 Å². The highest BCUT2D eigenvalue weighted by atomic mass is 15.5. The average molecular weight is 172 g/mol. The van der Waals surface area contributed by atoms with E-state index in [-0.39, 0.29) is 0 Å². The normalized spacial score (nSPS) is 11.5. The van der Waals surface area contributed by atoms with E-state index in [1.807, 2.05) is 5.01 Å². The molecule has 12 heavy (non-hydrogen) atoms. The first kappa shape index (κ1) is 11.9. The topological polar surface area (TPSA) is 15.3 Å². The monoisotopic (exact) mass is 172 g/mol. The number of rotatable bonds is 7. The van der Waals surface area contributed by atoms with Crippen molar-refractivity contribution in [3.63, 3.8) is 0 Å². The summed E-state index contributed by atoms with van der Waals surface area (Å²) in [5.41, 5.74) is 3.35. The molecular formula is C10H24N2. The second-order valence-corrected chi connectivity index (χ2v) is 3.70. The Bertz CT molecular complexity index is 85.8. The van der Waals surface area contributed by atoms with Crippen molar-refractivity contribution >= 4 is 0 Å². The molecule has 0 fully saturated rings. The first-order chi connectivity index (χ1) is 5.70. The van der Waals surface area contributed by atoms with Gasteiger partial charge in [0.2, 0.25) is 0 Å². The summed E-state index contributed by atoms with van der Waals surface area (Å²) in [6.45, 7) is 5.66. The summed E-state index contributed by atoms with van der Waals surface area (Å²) < 4.78 is 0. The first-order valence-electron chi connectivity index (χ1n) is 5.11. The average Bonchev–Trinajstić information content (AvgIpc) is 2.01. The molecular weight excluding hydrogens is 148 g/mol. The van der Waals surface area contributed by atoms with Crippen LogP contribution in [0.15, 0.2) is 0 Å². The maximum atomic E-state index is 3.35. The molecule has 74 valence electrons. The van der Waals surface area contributed by atoms with E-state index in [0.717, 1.165) is 12.5 Å². The van der Waals surface area contributed by atoms with Crippen LogP contribution in [0.1, 0.15) is 39.5 Å². The lowest BCUT2D eigenvalue weighted by molar-refractivity contribution is 0.250. The predicted molar refractivity (Wildman–Crippen MR) is 55.0 cm³/mol. The predicted octanol–water partition coefficient (Wildman–Crippen LogP) is 2.27. The van der Waals surface area contributed by atoms with Gasteiger partial charge in [0.05, 0.1) is 0 Å². The van der Waals surface area contributed by atoms with Crippen molar-refractivity contribution in [1.29, 1.82) is 0 Å². The van der Waals surface area contributed by atoms with E-state index in [1.54, 1.807) is 0 Å². The minimum atomic E-state index is 0.863. The van der Waals surface area contributed by atoms with Gasteiger partial charge in [-0.05, 0) is 18.8 Å². The Hall–Kier alpha value is -0.0800. The van der Waals surface area contributed by atoms with E-state index in [1.165, 1.54) is 25.7 Å². The van der Waals surface area contributed by atoms with E-state index in [4.69, 9.17) is 0 Å². The van der Waals surface area contributed by atoms with Crippen LogP contribution in [0.25, 0.3) is 0 Å². The number of nitrogens with zero attached hydrogens (tertiary/aromatic N) is 1. The van der Waals surface area contributed by atoms with Gasteiger partial charge in [0, 0.05) is 20.6 Å². The van der Waals surface area contributed by atoms with Crippen LogP contribution < -0.4 is 5.43 Å². The van der Waals surface area contributed by atoms with E-state index in [9.17, 15) is 0 Å². The summed E-state index contributed by atoms with van der Waals surface area (Å²) in [4.78, 5) is 0. The maximum Gasteiger partial charge on any atom is 0.0130 e. The summed E-state index contributed by atoms with van der Waals surface area (Å²) in [5.74, 6) is 0.863. The molecule has 0 atom stereocenters. The zero-order valence-corrected chi connectivity index (χ0v) is 9.06. The van der Waals surface area contributed by atoms with Gasteiger partial charge in [-0.15, -0.1) is 0 Å².